The van der Waals surface area contributed by atoms with Crippen LogP contribution in [0.3, 0.4) is 0 Å². The summed E-state index contributed by atoms with van der Waals surface area (Å²) in [7, 11) is 1.80. The summed E-state index contributed by atoms with van der Waals surface area (Å²) in [6.45, 7) is 4.93. The third-order valence-corrected chi connectivity index (χ3v) is 3.84. The molecule has 3 heteroatoms. The van der Waals surface area contributed by atoms with Crippen LogP contribution in [0.1, 0.15) is 24.0 Å². The molecule has 1 aliphatic rings. The van der Waals surface area contributed by atoms with E-state index in [1.165, 1.54) is 37.1 Å². The molecular formula is C15H24N2O. The van der Waals surface area contributed by atoms with Gasteiger partial charge >= 0.3 is 0 Å². The molecule has 18 heavy (non-hydrogen) atoms. The van der Waals surface area contributed by atoms with Gasteiger partial charge in [0, 0.05) is 26.8 Å². The van der Waals surface area contributed by atoms with E-state index in [2.05, 4.69) is 29.2 Å². The van der Waals surface area contributed by atoms with Gasteiger partial charge in [-0.15, -0.1) is 0 Å². The highest BCUT2D eigenvalue weighted by atomic mass is 16.5. The highest BCUT2D eigenvalue weighted by Gasteiger charge is 2.19. The van der Waals surface area contributed by atoms with Gasteiger partial charge in [0.25, 0.3) is 0 Å². The summed E-state index contributed by atoms with van der Waals surface area (Å²) in [5.74, 6) is 0.746. The normalized spacial score (nSPS) is 18.1. The van der Waals surface area contributed by atoms with Crippen molar-refractivity contribution in [3.63, 3.8) is 0 Å². The number of benzene rings is 1. The first-order valence-electron chi connectivity index (χ1n) is 6.81. The van der Waals surface area contributed by atoms with Gasteiger partial charge in [0.05, 0.1) is 0 Å². The Kier molecular flexibility index (Phi) is 5.17. The highest BCUT2D eigenvalue weighted by molar-refractivity contribution is 5.26. The zero-order chi connectivity index (χ0) is 12.8. The lowest BCUT2D eigenvalue weighted by Gasteiger charge is -2.32. The van der Waals surface area contributed by atoms with E-state index in [4.69, 9.17) is 10.5 Å². The Morgan fingerprint density at radius 3 is 2.50 bits per heavy atom. The van der Waals surface area contributed by atoms with Crippen LogP contribution >= 0.6 is 0 Å². The highest BCUT2D eigenvalue weighted by Crippen LogP contribution is 2.20. The van der Waals surface area contributed by atoms with Crippen LogP contribution in [-0.4, -0.2) is 31.7 Å². The van der Waals surface area contributed by atoms with Crippen molar-refractivity contribution in [1.29, 1.82) is 0 Å². The summed E-state index contributed by atoms with van der Waals surface area (Å²) < 4.78 is 5.24. The fraction of sp³-hybridized carbons (Fsp3) is 0.600. The minimum absolute atomic E-state index is 0.635. The molecule has 0 atom stereocenters. The number of piperidine rings is 1. The Labute approximate surface area is 110 Å². The zero-order valence-corrected chi connectivity index (χ0v) is 11.3. The van der Waals surface area contributed by atoms with Gasteiger partial charge in [0.1, 0.15) is 0 Å². The third-order valence-electron chi connectivity index (χ3n) is 3.84. The summed E-state index contributed by atoms with van der Waals surface area (Å²) in [4.78, 5) is 2.53. The largest absolute Gasteiger partial charge is 0.384 e. The van der Waals surface area contributed by atoms with E-state index < -0.39 is 0 Å². The van der Waals surface area contributed by atoms with E-state index in [0.29, 0.717) is 6.54 Å². The van der Waals surface area contributed by atoms with E-state index in [0.717, 1.165) is 19.1 Å². The van der Waals surface area contributed by atoms with E-state index >= 15 is 0 Å². The van der Waals surface area contributed by atoms with Crippen molar-refractivity contribution in [1.82, 2.24) is 4.90 Å². The number of nitrogens with two attached hydrogens (primary N) is 1. The van der Waals surface area contributed by atoms with Crippen molar-refractivity contribution in [2.24, 2.45) is 11.7 Å². The van der Waals surface area contributed by atoms with E-state index in [1.54, 1.807) is 7.11 Å². The molecule has 0 aromatic heterocycles. The van der Waals surface area contributed by atoms with Crippen molar-refractivity contribution in [3.05, 3.63) is 35.4 Å². The van der Waals surface area contributed by atoms with E-state index in [-0.39, 0.29) is 0 Å². The molecule has 2 N–H and O–H groups in total. The molecule has 0 spiro atoms. The van der Waals surface area contributed by atoms with Gasteiger partial charge in [-0.05, 0) is 43.0 Å². The summed E-state index contributed by atoms with van der Waals surface area (Å²) in [5, 5.41) is 0. The van der Waals surface area contributed by atoms with Crippen LogP contribution in [0.15, 0.2) is 24.3 Å². The number of rotatable bonds is 5. The number of methoxy groups -OCH3 is 1. The van der Waals surface area contributed by atoms with Gasteiger partial charge in [-0.3, -0.25) is 4.90 Å². The van der Waals surface area contributed by atoms with Crippen LogP contribution in [0.2, 0.25) is 0 Å². The fourth-order valence-corrected chi connectivity index (χ4v) is 2.70. The Hall–Kier alpha value is -0.900. The predicted octanol–water partition coefficient (Wildman–Crippen LogP) is 2.00. The molecule has 0 bridgehead atoms. The third kappa shape index (κ3) is 3.55. The van der Waals surface area contributed by atoms with Crippen molar-refractivity contribution < 1.29 is 4.74 Å². The molecule has 1 fully saturated rings. The van der Waals surface area contributed by atoms with Crippen LogP contribution in [0, 0.1) is 5.92 Å². The first-order valence-corrected chi connectivity index (χ1v) is 6.81. The summed E-state index contributed by atoms with van der Waals surface area (Å²) >= 11 is 0. The first kappa shape index (κ1) is 13.5. The molecule has 2 rings (SSSR count). The van der Waals surface area contributed by atoms with Crippen LogP contribution in [-0.2, 0) is 17.8 Å². The van der Waals surface area contributed by atoms with Gasteiger partial charge in [-0.1, -0.05) is 24.3 Å². The Morgan fingerprint density at radius 1 is 1.22 bits per heavy atom. The summed E-state index contributed by atoms with van der Waals surface area (Å²) in [6, 6.07) is 8.50. The SMILES string of the molecule is COCC1CCN(Cc2ccccc2CN)CC1. The number of hydrogen-bond donors (Lipinski definition) is 1. The van der Waals surface area contributed by atoms with Crippen LogP contribution in [0.25, 0.3) is 0 Å². The fourth-order valence-electron chi connectivity index (χ4n) is 2.70. The molecule has 0 radical (unpaired) electrons. The second kappa shape index (κ2) is 6.88. The maximum Gasteiger partial charge on any atom is 0.0491 e. The molecule has 0 saturated carbocycles. The van der Waals surface area contributed by atoms with Gasteiger partial charge in [0.15, 0.2) is 0 Å². The number of hydrogen-bond acceptors (Lipinski definition) is 3. The lowest BCUT2D eigenvalue weighted by molar-refractivity contribution is 0.0967. The zero-order valence-electron chi connectivity index (χ0n) is 11.3. The van der Waals surface area contributed by atoms with Crippen LogP contribution in [0.5, 0.6) is 0 Å². The van der Waals surface area contributed by atoms with Crippen molar-refractivity contribution in [2.75, 3.05) is 26.8 Å². The number of likely N-dealkylation sites (tertiary alicyclic amines) is 1. The van der Waals surface area contributed by atoms with Crippen molar-refractivity contribution in [3.8, 4) is 0 Å². The number of nitrogens with zero attached hydrogens (tertiary/aromatic N) is 1. The number of ether oxygens (including phenoxy) is 1. The standard InChI is InChI=1S/C15H24N2O/c1-18-12-13-6-8-17(9-7-13)11-15-5-3-2-4-14(15)10-16/h2-5,13H,6-12,16H2,1H3. The first-order chi connectivity index (χ1) is 8.83. The minimum Gasteiger partial charge on any atom is -0.384 e. The van der Waals surface area contributed by atoms with Gasteiger partial charge in [-0.2, -0.15) is 0 Å². The summed E-state index contributed by atoms with van der Waals surface area (Å²) in [5.41, 5.74) is 8.44. The molecule has 0 amide bonds. The molecule has 3 nitrogen and oxygen atoms in total. The molecule has 0 aliphatic carbocycles. The van der Waals surface area contributed by atoms with Gasteiger partial charge in [0.2, 0.25) is 0 Å². The molecule has 1 saturated heterocycles. The monoisotopic (exact) mass is 248 g/mol. The molecule has 1 aliphatic heterocycles. The Bertz CT molecular complexity index is 359. The molecule has 1 aromatic rings. The maximum atomic E-state index is 5.78. The Morgan fingerprint density at radius 2 is 1.89 bits per heavy atom. The van der Waals surface area contributed by atoms with Gasteiger partial charge < -0.3 is 10.5 Å². The predicted molar refractivity (Wildman–Crippen MR) is 74.2 cm³/mol. The smallest absolute Gasteiger partial charge is 0.0491 e. The Balaban J connectivity index is 1.87. The summed E-state index contributed by atoms with van der Waals surface area (Å²) in [6.07, 6.45) is 2.50. The van der Waals surface area contributed by atoms with Crippen molar-refractivity contribution >= 4 is 0 Å². The molecule has 1 aromatic carbocycles. The van der Waals surface area contributed by atoms with Crippen LogP contribution < -0.4 is 5.73 Å². The molecule has 100 valence electrons. The van der Waals surface area contributed by atoms with Gasteiger partial charge in [-0.25, -0.2) is 0 Å². The quantitative estimate of drug-likeness (QED) is 0.866. The molecule has 0 unspecified atom stereocenters. The minimum atomic E-state index is 0.635. The van der Waals surface area contributed by atoms with E-state index in [1.807, 2.05) is 0 Å². The second-order valence-electron chi connectivity index (χ2n) is 5.15. The maximum absolute atomic E-state index is 5.78. The molecular weight excluding hydrogens is 224 g/mol. The molecule has 1 heterocycles. The average molecular weight is 248 g/mol. The average Bonchev–Trinajstić information content (AvgIpc) is 2.42. The topological polar surface area (TPSA) is 38.5 Å². The lowest BCUT2D eigenvalue weighted by Crippen LogP contribution is -2.34. The second-order valence-corrected chi connectivity index (χ2v) is 5.15. The van der Waals surface area contributed by atoms with E-state index in [9.17, 15) is 0 Å². The lowest BCUT2D eigenvalue weighted by atomic mass is 9.97. The van der Waals surface area contributed by atoms with Crippen LogP contribution in [0.4, 0.5) is 0 Å². The van der Waals surface area contributed by atoms with Crippen molar-refractivity contribution in [2.45, 2.75) is 25.9 Å².